The molecule has 1 aromatic heterocycles. The summed E-state index contributed by atoms with van der Waals surface area (Å²) in [5.74, 6) is 0. The Balaban J connectivity index is 1.77. The molecule has 0 aliphatic carbocycles. The van der Waals surface area contributed by atoms with Crippen LogP contribution in [0.1, 0.15) is 31.4 Å². The molecule has 1 atom stereocenters. The van der Waals surface area contributed by atoms with E-state index >= 15 is 0 Å². The molecule has 1 aromatic rings. The Morgan fingerprint density at radius 2 is 2.44 bits per heavy atom. The highest BCUT2D eigenvalue weighted by Crippen LogP contribution is 2.13. The van der Waals surface area contributed by atoms with Crippen molar-refractivity contribution >= 4 is 0 Å². The lowest BCUT2D eigenvalue weighted by atomic mass is 10.2. The van der Waals surface area contributed by atoms with Crippen LogP contribution >= 0.6 is 0 Å². The van der Waals surface area contributed by atoms with Crippen molar-refractivity contribution in [1.82, 2.24) is 15.0 Å². The van der Waals surface area contributed by atoms with E-state index in [1.54, 1.807) is 0 Å². The standard InChI is InChI=1S/C11H20N4O/c12-6-2-1-4-10-8-15(14-13-10)9-11-5-3-7-16-11/h8,11H,1-7,9,12H2. The van der Waals surface area contributed by atoms with Crippen LogP contribution in [-0.4, -0.2) is 34.2 Å². The minimum atomic E-state index is 0.332. The number of hydrogen-bond acceptors (Lipinski definition) is 4. The van der Waals surface area contributed by atoms with Crippen molar-refractivity contribution in [3.05, 3.63) is 11.9 Å². The third-order valence-electron chi connectivity index (χ3n) is 2.89. The van der Waals surface area contributed by atoms with E-state index in [4.69, 9.17) is 10.5 Å². The fraction of sp³-hybridized carbons (Fsp3) is 0.818. The highest BCUT2D eigenvalue weighted by molar-refractivity contribution is 4.92. The maximum atomic E-state index is 5.56. The number of aryl methyl sites for hydroxylation is 1. The first-order valence-electron chi connectivity index (χ1n) is 6.09. The summed E-state index contributed by atoms with van der Waals surface area (Å²) in [6.07, 6.45) is 7.79. The van der Waals surface area contributed by atoms with Gasteiger partial charge in [0.2, 0.25) is 0 Å². The molecule has 0 saturated carbocycles. The van der Waals surface area contributed by atoms with E-state index in [1.807, 2.05) is 10.9 Å². The topological polar surface area (TPSA) is 66.0 Å². The Morgan fingerprint density at radius 1 is 1.50 bits per heavy atom. The summed E-state index contributed by atoms with van der Waals surface area (Å²) in [6.45, 7) is 2.48. The first-order valence-corrected chi connectivity index (χ1v) is 6.09. The van der Waals surface area contributed by atoms with Gasteiger partial charge in [-0.05, 0) is 38.6 Å². The van der Waals surface area contributed by atoms with Crippen molar-refractivity contribution in [2.45, 2.75) is 44.8 Å². The van der Waals surface area contributed by atoms with Gasteiger partial charge in [-0.25, -0.2) is 4.68 Å². The molecule has 1 aliphatic heterocycles. The zero-order chi connectivity index (χ0) is 11.2. The molecule has 1 aliphatic rings. The van der Waals surface area contributed by atoms with Gasteiger partial charge in [0.15, 0.2) is 0 Å². The van der Waals surface area contributed by atoms with Crippen molar-refractivity contribution in [3.63, 3.8) is 0 Å². The van der Waals surface area contributed by atoms with Gasteiger partial charge in [0.25, 0.3) is 0 Å². The van der Waals surface area contributed by atoms with Gasteiger partial charge >= 0.3 is 0 Å². The van der Waals surface area contributed by atoms with E-state index in [1.165, 1.54) is 6.42 Å². The second-order valence-corrected chi connectivity index (χ2v) is 4.31. The molecule has 2 N–H and O–H groups in total. The predicted molar refractivity (Wildman–Crippen MR) is 61.0 cm³/mol. The fourth-order valence-electron chi connectivity index (χ4n) is 1.99. The highest BCUT2D eigenvalue weighted by atomic mass is 16.5. The van der Waals surface area contributed by atoms with Crippen LogP contribution in [0.4, 0.5) is 0 Å². The van der Waals surface area contributed by atoms with E-state index in [9.17, 15) is 0 Å². The molecule has 1 saturated heterocycles. The maximum absolute atomic E-state index is 5.56. The van der Waals surface area contributed by atoms with Crippen LogP contribution in [0.15, 0.2) is 6.20 Å². The second-order valence-electron chi connectivity index (χ2n) is 4.31. The van der Waals surface area contributed by atoms with Crippen LogP contribution in [-0.2, 0) is 17.7 Å². The maximum Gasteiger partial charge on any atom is 0.0827 e. The number of nitrogens with zero attached hydrogens (tertiary/aromatic N) is 3. The number of unbranched alkanes of at least 4 members (excludes halogenated alkanes) is 1. The molecule has 16 heavy (non-hydrogen) atoms. The molecule has 1 fully saturated rings. The molecule has 0 bridgehead atoms. The molecule has 0 spiro atoms. The van der Waals surface area contributed by atoms with Gasteiger partial charge in [-0.2, -0.15) is 0 Å². The third-order valence-corrected chi connectivity index (χ3v) is 2.89. The SMILES string of the molecule is NCCCCc1cn(CC2CCCO2)nn1. The average Bonchev–Trinajstić information content (AvgIpc) is 2.91. The molecule has 90 valence electrons. The number of rotatable bonds is 6. The van der Waals surface area contributed by atoms with Gasteiger partial charge < -0.3 is 10.5 Å². The second kappa shape index (κ2) is 5.96. The van der Waals surface area contributed by atoms with E-state index in [2.05, 4.69) is 10.3 Å². The van der Waals surface area contributed by atoms with Crippen molar-refractivity contribution in [3.8, 4) is 0 Å². The molecule has 0 radical (unpaired) electrons. The van der Waals surface area contributed by atoms with Gasteiger partial charge in [-0.1, -0.05) is 5.21 Å². The van der Waals surface area contributed by atoms with Crippen LogP contribution in [0, 0.1) is 0 Å². The van der Waals surface area contributed by atoms with Gasteiger partial charge in [-0.15, -0.1) is 5.10 Å². The lowest BCUT2D eigenvalue weighted by Gasteiger charge is -2.07. The Morgan fingerprint density at radius 3 is 3.19 bits per heavy atom. The summed E-state index contributed by atoms with van der Waals surface area (Å²) in [6, 6.07) is 0. The van der Waals surface area contributed by atoms with Gasteiger partial charge in [0.05, 0.1) is 18.3 Å². The number of nitrogens with two attached hydrogens (primary N) is 1. The van der Waals surface area contributed by atoms with Crippen molar-refractivity contribution < 1.29 is 4.74 Å². The summed E-state index contributed by atoms with van der Waals surface area (Å²) in [5, 5.41) is 8.26. The van der Waals surface area contributed by atoms with Gasteiger partial charge in [-0.3, -0.25) is 0 Å². The van der Waals surface area contributed by atoms with Crippen molar-refractivity contribution in [1.29, 1.82) is 0 Å². The molecule has 5 heteroatoms. The third kappa shape index (κ3) is 3.28. The molecular formula is C11H20N4O. The lowest BCUT2D eigenvalue weighted by Crippen LogP contribution is -2.15. The molecule has 0 aromatic carbocycles. The molecule has 2 rings (SSSR count). The Bertz CT molecular complexity index is 307. The van der Waals surface area contributed by atoms with E-state index < -0.39 is 0 Å². The van der Waals surface area contributed by atoms with Crippen LogP contribution < -0.4 is 5.73 Å². The van der Waals surface area contributed by atoms with Crippen LogP contribution in [0.2, 0.25) is 0 Å². The first kappa shape index (κ1) is 11.5. The van der Waals surface area contributed by atoms with Crippen LogP contribution in [0.25, 0.3) is 0 Å². The largest absolute Gasteiger partial charge is 0.376 e. The normalized spacial score (nSPS) is 20.4. The Hall–Kier alpha value is -0.940. The number of ether oxygens (including phenoxy) is 1. The van der Waals surface area contributed by atoms with Crippen molar-refractivity contribution in [2.24, 2.45) is 5.73 Å². The summed E-state index contributed by atoms with van der Waals surface area (Å²) in [5.41, 5.74) is 6.51. The van der Waals surface area contributed by atoms with E-state index in [-0.39, 0.29) is 0 Å². The number of hydrogen-bond donors (Lipinski definition) is 1. The first-order chi connectivity index (χ1) is 7.88. The fourth-order valence-corrected chi connectivity index (χ4v) is 1.99. The van der Waals surface area contributed by atoms with Crippen LogP contribution in [0.3, 0.4) is 0 Å². The smallest absolute Gasteiger partial charge is 0.0827 e. The van der Waals surface area contributed by atoms with Crippen LogP contribution in [0.5, 0.6) is 0 Å². The Kier molecular flexibility index (Phi) is 4.30. The molecule has 2 heterocycles. The summed E-state index contributed by atoms with van der Waals surface area (Å²) in [7, 11) is 0. The zero-order valence-electron chi connectivity index (χ0n) is 9.64. The zero-order valence-corrected chi connectivity index (χ0v) is 9.64. The monoisotopic (exact) mass is 224 g/mol. The summed E-state index contributed by atoms with van der Waals surface area (Å²) >= 11 is 0. The Labute approximate surface area is 96.0 Å². The lowest BCUT2D eigenvalue weighted by molar-refractivity contribution is 0.0935. The summed E-state index contributed by atoms with van der Waals surface area (Å²) in [4.78, 5) is 0. The summed E-state index contributed by atoms with van der Waals surface area (Å²) < 4.78 is 7.46. The quantitative estimate of drug-likeness (QED) is 0.724. The molecule has 0 amide bonds. The molecular weight excluding hydrogens is 204 g/mol. The van der Waals surface area contributed by atoms with E-state index in [0.29, 0.717) is 6.10 Å². The predicted octanol–water partition coefficient (Wildman–Crippen LogP) is 0.738. The number of aromatic nitrogens is 3. The minimum Gasteiger partial charge on any atom is -0.376 e. The average molecular weight is 224 g/mol. The van der Waals surface area contributed by atoms with E-state index in [0.717, 1.165) is 51.1 Å². The van der Waals surface area contributed by atoms with Gasteiger partial charge in [0, 0.05) is 12.8 Å². The van der Waals surface area contributed by atoms with Gasteiger partial charge in [0.1, 0.15) is 0 Å². The van der Waals surface area contributed by atoms with Crippen molar-refractivity contribution in [2.75, 3.05) is 13.2 Å². The molecule has 1 unspecified atom stereocenters. The highest BCUT2D eigenvalue weighted by Gasteiger charge is 2.16. The minimum absolute atomic E-state index is 0.332. The molecule has 5 nitrogen and oxygen atoms in total.